The predicted molar refractivity (Wildman–Crippen MR) is 70.8 cm³/mol. The van der Waals surface area contributed by atoms with Gasteiger partial charge in [0.25, 0.3) is 0 Å². The van der Waals surface area contributed by atoms with E-state index in [0.29, 0.717) is 0 Å². The molecule has 0 saturated carbocycles. The molecule has 1 aromatic rings. The summed E-state index contributed by atoms with van der Waals surface area (Å²) in [5.74, 6) is 1.68. The first-order chi connectivity index (χ1) is 8.30. The van der Waals surface area contributed by atoms with Gasteiger partial charge in [0.2, 0.25) is 0 Å². The lowest BCUT2D eigenvalue weighted by Gasteiger charge is -2.09. The highest BCUT2D eigenvalue weighted by Gasteiger charge is 2.01. The summed E-state index contributed by atoms with van der Waals surface area (Å²) in [7, 11) is 3.35. The Kier molecular flexibility index (Phi) is 6.48. The van der Waals surface area contributed by atoms with Gasteiger partial charge in [0.1, 0.15) is 11.5 Å². The van der Waals surface area contributed by atoms with E-state index < -0.39 is 0 Å². The molecule has 1 aromatic carbocycles. The van der Waals surface area contributed by atoms with Crippen LogP contribution in [0.3, 0.4) is 0 Å². The van der Waals surface area contributed by atoms with Crippen molar-refractivity contribution < 1.29 is 9.47 Å². The van der Waals surface area contributed by atoms with Crippen LogP contribution in [0.5, 0.6) is 11.5 Å². The minimum atomic E-state index is 0.842. The largest absolute Gasteiger partial charge is 0.497 e. The Morgan fingerprint density at radius 1 is 1.00 bits per heavy atom. The van der Waals surface area contributed by atoms with Crippen molar-refractivity contribution >= 4 is 0 Å². The topological polar surface area (TPSA) is 30.5 Å². The summed E-state index contributed by atoms with van der Waals surface area (Å²) in [6.45, 7) is 4.14. The molecule has 0 spiro atoms. The van der Waals surface area contributed by atoms with Gasteiger partial charge in [0, 0.05) is 12.6 Å². The molecular formula is C14H23NO2. The second kappa shape index (κ2) is 7.96. The maximum Gasteiger partial charge on any atom is 0.122 e. The van der Waals surface area contributed by atoms with Gasteiger partial charge in [-0.3, -0.25) is 0 Å². The van der Waals surface area contributed by atoms with E-state index >= 15 is 0 Å². The molecule has 0 atom stereocenters. The highest BCUT2D eigenvalue weighted by atomic mass is 16.5. The number of unbranched alkanes of at least 4 members (excludes halogenated alkanes) is 2. The maximum atomic E-state index is 5.23. The molecule has 0 aliphatic carbocycles. The van der Waals surface area contributed by atoms with E-state index in [1.54, 1.807) is 14.2 Å². The van der Waals surface area contributed by atoms with Crippen LogP contribution in [-0.2, 0) is 6.54 Å². The first-order valence-electron chi connectivity index (χ1n) is 6.22. The monoisotopic (exact) mass is 237 g/mol. The molecule has 1 rings (SSSR count). The van der Waals surface area contributed by atoms with Crippen LogP contribution in [0, 0.1) is 0 Å². The molecule has 0 fully saturated rings. The fourth-order valence-corrected chi connectivity index (χ4v) is 1.70. The van der Waals surface area contributed by atoms with Crippen LogP contribution in [0.1, 0.15) is 31.7 Å². The molecule has 17 heavy (non-hydrogen) atoms. The van der Waals surface area contributed by atoms with Crippen molar-refractivity contribution in [2.75, 3.05) is 20.8 Å². The summed E-state index contributed by atoms with van der Waals surface area (Å²) < 4.78 is 10.5. The predicted octanol–water partition coefficient (Wildman–Crippen LogP) is 2.98. The van der Waals surface area contributed by atoms with Crippen molar-refractivity contribution in [1.82, 2.24) is 5.32 Å². The molecule has 3 nitrogen and oxygen atoms in total. The zero-order valence-corrected chi connectivity index (χ0v) is 11.1. The minimum Gasteiger partial charge on any atom is -0.497 e. The molecule has 0 unspecified atom stereocenters. The number of hydrogen-bond acceptors (Lipinski definition) is 3. The normalized spacial score (nSPS) is 10.3. The van der Waals surface area contributed by atoms with Gasteiger partial charge in [-0.25, -0.2) is 0 Å². The molecule has 0 bridgehead atoms. The number of ether oxygens (including phenoxy) is 2. The van der Waals surface area contributed by atoms with Crippen molar-refractivity contribution in [3.8, 4) is 11.5 Å². The second-order valence-electron chi connectivity index (χ2n) is 4.10. The summed E-state index contributed by atoms with van der Waals surface area (Å²) in [4.78, 5) is 0. The fraction of sp³-hybridized carbons (Fsp3) is 0.571. The van der Waals surface area contributed by atoms with Crippen LogP contribution in [0.4, 0.5) is 0 Å². The quantitative estimate of drug-likeness (QED) is 0.705. The van der Waals surface area contributed by atoms with Crippen molar-refractivity contribution in [2.45, 2.75) is 32.7 Å². The summed E-state index contributed by atoms with van der Waals surface area (Å²) in [6.07, 6.45) is 3.78. The lowest BCUT2D eigenvalue weighted by Crippen LogP contribution is -2.14. The van der Waals surface area contributed by atoms with Gasteiger partial charge in [-0.1, -0.05) is 19.8 Å². The Hall–Kier alpha value is -1.22. The summed E-state index contributed by atoms with van der Waals surface area (Å²) in [6, 6.07) is 5.96. The zero-order chi connectivity index (χ0) is 12.5. The van der Waals surface area contributed by atoms with Crippen LogP contribution >= 0.6 is 0 Å². The standard InChI is InChI=1S/C14H23NO2/c1-4-5-6-7-15-11-12-8-13(16-2)10-14(9-12)17-3/h8-10,15H,4-7,11H2,1-3H3. The van der Waals surface area contributed by atoms with E-state index in [1.807, 2.05) is 18.2 Å². The average molecular weight is 237 g/mol. The number of hydrogen-bond donors (Lipinski definition) is 1. The van der Waals surface area contributed by atoms with Gasteiger partial charge in [-0.2, -0.15) is 0 Å². The molecular weight excluding hydrogens is 214 g/mol. The highest BCUT2D eigenvalue weighted by molar-refractivity contribution is 5.38. The van der Waals surface area contributed by atoms with Crippen LogP contribution in [0.25, 0.3) is 0 Å². The molecule has 1 N–H and O–H groups in total. The van der Waals surface area contributed by atoms with Crippen LogP contribution in [0.2, 0.25) is 0 Å². The molecule has 0 aliphatic heterocycles. The Labute approximate surface area is 104 Å². The van der Waals surface area contributed by atoms with Crippen molar-refractivity contribution in [3.63, 3.8) is 0 Å². The Morgan fingerprint density at radius 3 is 2.18 bits per heavy atom. The van der Waals surface area contributed by atoms with Gasteiger partial charge in [0.05, 0.1) is 14.2 Å². The molecule has 0 aliphatic rings. The van der Waals surface area contributed by atoms with E-state index in [0.717, 1.165) is 24.6 Å². The number of benzene rings is 1. The van der Waals surface area contributed by atoms with E-state index in [9.17, 15) is 0 Å². The Bertz CT molecular complexity index is 304. The SMILES string of the molecule is CCCCCNCc1cc(OC)cc(OC)c1. The van der Waals surface area contributed by atoms with Crippen LogP contribution in [0.15, 0.2) is 18.2 Å². The minimum absolute atomic E-state index is 0.842. The van der Waals surface area contributed by atoms with Crippen molar-refractivity contribution in [1.29, 1.82) is 0 Å². The number of methoxy groups -OCH3 is 2. The summed E-state index contributed by atoms with van der Waals surface area (Å²) in [5, 5.41) is 3.43. The molecule has 0 heterocycles. The second-order valence-corrected chi connectivity index (χ2v) is 4.10. The van der Waals surface area contributed by atoms with E-state index in [1.165, 1.54) is 24.8 Å². The lowest BCUT2D eigenvalue weighted by molar-refractivity contribution is 0.393. The van der Waals surface area contributed by atoms with Gasteiger partial charge in [-0.15, -0.1) is 0 Å². The number of nitrogens with one attached hydrogen (secondary N) is 1. The molecule has 0 aromatic heterocycles. The van der Waals surface area contributed by atoms with Gasteiger partial charge in [-0.05, 0) is 30.7 Å². The molecule has 0 amide bonds. The van der Waals surface area contributed by atoms with Gasteiger partial charge in [0.15, 0.2) is 0 Å². The van der Waals surface area contributed by atoms with E-state index in [-0.39, 0.29) is 0 Å². The zero-order valence-electron chi connectivity index (χ0n) is 11.1. The first-order valence-corrected chi connectivity index (χ1v) is 6.22. The van der Waals surface area contributed by atoms with Gasteiger partial charge >= 0.3 is 0 Å². The third kappa shape index (κ3) is 5.09. The fourth-order valence-electron chi connectivity index (χ4n) is 1.70. The Balaban J connectivity index is 2.46. The first kappa shape index (κ1) is 13.8. The van der Waals surface area contributed by atoms with Crippen LogP contribution < -0.4 is 14.8 Å². The third-order valence-electron chi connectivity index (χ3n) is 2.70. The van der Waals surface area contributed by atoms with Crippen molar-refractivity contribution in [2.24, 2.45) is 0 Å². The Morgan fingerprint density at radius 2 is 1.65 bits per heavy atom. The highest BCUT2D eigenvalue weighted by Crippen LogP contribution is 2.22. The summed E-state index contributed by atoms with van der Waals surface area (Å²) >= 11 is 0. The molecule has 96 valence electrons. The van der Waals surface area contributed by atoms with Gasteiger partial charge < -0.3 is 14.8 Å². The van der Waals surface area contributed by atoms with Crippen LogP contribution in [-0.4, -0.2) is 20.8 Å². The smallest absolute Gasteiger partial charge is 0.122 e. The third-order valence-corrected chi connectivity index (χ3v) is 2.70. The van der Waals surface area contributed by atoms with E-state index in [2.05, 4.69) is 12.2 Å². The average Bonchev–Trinajstić information content (AvgIpc) is 2.38. The summed E-state index contributed by atoms with van der Waals surface area (Å²) in [5.41, 5.74) is 1.19. The van der Waals surface area contributed by atoms with E-state index in [4.69, 9.17) is 9.47 Å². The molecule has 3 heteroatoms. The maximum absolute atomic E-state index is 5.23. The molecule has 0 saturated heterocycles. The number of rotatable bonds is 8. The molecule has 0 radical (unpaired) electrons. The van der Waals surface area contributed by atoms with Crippen molar-refractivity contribution in [3.05, 3.63) is 23.8 Å². The lowest BCUT2D eigenvalue weighted by atomic mass is 10.2.